The number of barbiturate groups is 1. The highest BCUT2D eigenvalue weighted by atomic mass is 127. The molecule has 0 aromatic heterocycles. The van der Waals surface area contributed by atoms with Crippen molar-refractivity contribution in [3.05, 3.63) is 89.4 Å². The molecule has 0 radical (unpaired) electrons. The lowest BCUT2D eigenvalue weighted by atomic mass is 10.1. The molecule has 1 saturated heterocycles. The van der Waals surface area contributed by atoms with Crippen LogP contribution in [0.5, 0.6) is 11.5 Å². The van der Waals surface area contributed by atoms with Crippen molar-refractivity contribution in [2.45, 2.75) is 6.61 Å². The number of ether oxygens (including phenoxy) is 2. The minimum Gasteiger partial charge on any atom is -0.493 e. The Kier molecular flexibility index (Phi) is 8.23. The van der Waals surface area contributed by atoms with Gasteiger partial charge in [0.1, 0.15) is 12.2 Å². The molecule has 1 aliphatic heterocycles. The number of hydrogen-bond donors (Lipinski definition) is 1. The van der Waals surface area contributed by atoms with Crippen molar-refractivity contribution in [1.29, 1.82) is 0 Å². The molecule has 0 spiro atoms. The van der Waals surface area contributed by atoms with Crippen molar-refractivity contribution in [2.75, 3.05) is 12.0 Å². The zero-order valence-corrected chi connectivity index (χ0v) is 23.7. The SMILES string of the molecule is COc1cc(/C=C2\C(=O)NC(=O)N(c3ccc(Cl)c(Cl)c3)C2=O)cc(I)c1OCc1ccccc1Br. The van der Waals surface area contributed by atoms with Crippen molar-refractivity contribution in [1.82, 2.24) is 5.32 Å². The summed E-state index contributed by atoms with van der Waals surface area (Å²) in [6.07, 6.45) is 1.39. The molecule has 3 aromatic carbocycles. The van der Waals surface area contributed by atoms with Crippen molar-refractivity contribution >= 4 is 91.3 Å². The third kappa shape index (κ3) is 5.54. The average molecular weight is 702 g/mol. The minimum atomic E-state index is -0.886. The first-order valence-corrected chi connectivity index (χ1v) is 12.9. The van der Waals surface area contributed by atoms with E-state index in [1.165, 1.54) is 31.4 Å². The predicted molar refractivity (Wildman–Crippen MR) is 150 cm³/mol. The fourth-order valence-electron chi connectivity index (χ4n) is 3.41. The Morgan fingerprint density at radius 3 is 2.50 bits per heavy atom. The molecule has 4 rings (SSSR count). The number of methoxy groups -OCH3 is 1. The minimum absolute atomic E-state index is 0.162. The first-order valence-electron chi connectivity index (χ1n) is 10.3. The number of amides is 4. The highest BCUT2D eigenvalue weighted by Gasteiger charge is 2.37. The number of rotatable bonds is 6. The maximum absolute atomic E-state index is 13.2. The number of imide groups is 2. The van der Waals surface area contributed by atoms with Gasteiger partial charge in [-0.15, -0.1) is 0 Å². The van der Waals surface area contributed by atoms with E-state index in [4.69, 9.17) is 32.7 Å². The van der Waals surface area contributed by atoms with Gasteiger partial charge in [0.15, 0.2) is 11.5 Å². The lowest BCUT2D eigenvalue weighted by Crippen LogP contribution is -2.54. The van der Waals surface area contributed by atoms with Crippen LogP contribution in [0.3, 0.4) is 0 Å². The number of benzene rings is 3. The molecule has 4 amide bonds. The summed E-state index contributed by atoms with van der Waals surface area (Å²) in [4.78, 5) is 39.0. The zero-order valence-electron chi connectivity index (χ0n) is 18.5. The summed E-state index contributed by atoms with van der Waals surface area (Å²) < 4.78 is 13.1. The van der Waals surface area contributed by atoms with E-state index >= 15 is 0 Å². The Hall–Kier alpha value is -2.60. The van der Waals surface area contributed by atoms with Crippen LogP contribution in [0.1, 0.15) is 11.1 Å². The summed E-state index contributed by atoms with van der Waals surface area (Å²) in [6.45, 7) is 0.301. The van der Waals surface area contributed by atoms with Crippen LogP contribution in [0.25, 0.3) is 6.08 Å². The molecule has 1 N–H and O–H groups in total. The van der Waals surface area contributed by atoms with Gasteiger partial charge >= 0.3 is 6.03 Å². The first-order chi connectivity index (χ1) is 17.2. The molecule has 184 valence electrons. The van der Waals surface area contributed by atoms with Crippen LogP contribution in [0.2, 0.25) is 10.0 Å². The normalized spacial score (nSPS) is 14.8. The summed E-state index contributed by atoms with van der Waals surface area (Å²) in [5, 5.41) is 2.61. The molecule has 11 heteroatoms. The van der Waals surface area contributed by atoms with Crippen molar-refractivity contribution in [3.8, 4) is 11.5 Å². The van der Waals surface area contributed by atoms with E-state index in [1.54, 1.807) is 12.1 Å². The Morgan fingerprint density at radius 1 is 1.06 bits per heavy atom. The van der Waals surface area contributed by atoms with Gasteiger partial charge in [-0.05, 0) is 70.6 Å². The molecule has 0 unspecified atom stereocenters. The number of urea groups is 1. The largest absolute Gasteiger partial charge is 0.493 e. The van der Waals surface area contributed by atoms with E-state index < -0.39 is 17.8 Å². The molecular weight excluding hydrogens is 686 g/mol. The van der Waals surface area contributed by atoms with Gasteiger partial charge in [0.05, 0.1) is 26.4 Å². The van der Waals surface area contributed by atoms with E-state index in [0.29, 0.717) is 27.2 Å². The van der Waals surface area contributed by atoms with Gasteiger partial charge in [0.2, 0.25) is 0 Å². The van der Waals surface area contributed by atoms with Crippen LogP contribution in [0, 0.1) is 3.57 Å². The van der Waals surface area contributed by atoms with E-state index in [0.717, 1.165) is 14.9 Å². The number of carbonyl (C=O) groups is 3. The van der Waals surface area contributed by atoms with E-state index in [-0.39, 0.29) is 21.3 Å². The van der Waals surface area contributed by atoms with Crippen LogP contribution in [-0.2, 0) is 16.2 Å². The summed E-state index contributed by atoms with van der Waals surface area (Å²) in [5.74, 6) is -0.681. The van der Waals surface area contributed by atoms with Crippen LogP contribution in [-0.4, -0.2) is 25.0 Å². The first kappa shape index (κ1) is 26.5. The quantitative estimate of drug-likeness (QED) is 0.178. The average Bonchev–Trinajstić information content (AvgIpc) is 2.83. The molecule has 1 fully saturated rings. The van der Waals surface area contributed by atoms with E-state index in [1.807, 2.05) is 24.3 Å². The van der Waals surface area contributed by atoms with Crippen molar-refractivity contribution in [2.24, 2.45) is 0 Å². The number of hydrogen-bond acceptors (Lipinski definition) is 5. The second-order valence-corrected chi connectivity index (χ2v) is 10.3. The lowest BCUT2D eigenvalue weighted by Gasteiger charge is -2.26. The molecular formula is C25H16BrCl2IN2O5. The maximum atomic E-state index is 13.2. The molecule has 0 atom stereocenters. The summed E-state index contributed by atoms with van der Waals surface area (Å²) in [7, 11) is 1.50. The molecule has 0 bridgehead atoms. The van der Waals surface area contributed by atoms with Crippen LogP contribution in [0.4, 0.5) is 10.5 Å². The van der Waals surface area contributed by atoms with Gasteiger partial charge < -0.3 is 9.47 Å². The fraction of sp³-hybridized carbons (Fsp3) is 0.0800. The Bertz CT molecular complexity index is 1430. The fourth-order valence-corrected chi connectivity index (χ4v) is 4.88. The second kappa shape index (κ2) is 11.2. The highest BCUT2D eigenvalue weighted by Crippen LogP contribution is 2.36. The van der Waals surface area contributed by atoms with E-state index in [2.05, 4.69) is 43.8 Å². The number of nitrogens with zero attached hydrogens (tertiary/aromatic N) is 1. The van der Waals surface area contributed by atoms with Gasteiger partial charge in [-0.1, -0.05) is 57.3 Å². The van der Waals surface area contributed by atoms with Gasteiger partial charge in [0.25, 0.3) is 11.8 Å². The smallest absolute Gasteiger partial charge is 0.335 e. The van der Waals surface area contributed by atoms with Crippen molar-refractivity contribution < 1.29 is 23.9 Å². The maximum Gasteiger partial charge on any atom is 0.335 e. The molecule has 7 nitrogen and oxygen atoms in total. The monoisotopic (exact) mass is 700 g/mol. The lowest BCUT2D eigenvalue weighted by molar-refractivity contribution is -0.122. The number of halogens is 4. The van der Waals surface area contributed by atoms with Gasteiger partial charge in [-0.25, -0.2) is 9.69 Å². The van der Waals surface area contributed by atoms with Crippen LogP contribution >= 0.6 is 61.7 Å². The molecule has 0 aliphatic carbocycles. The Morgan fingerprint density at radius 2 is 1.81 bits per heavy atom. The van der Waals surface area contributed by atoms with Gasteiger partial charge in [-0.2, -0.15) is 0 Å². The number of carbonyl (C=O) groups excluding carboxylic acids is 3. The molecule has 36 heavy (non-hydrogen) atoms. The highest BCUT2D eigenvalue weighted by molar-refractivity contribution is 14.1. The predicted octanol–water partition coefficient (Wildman–Crippen LogP) is 6.61. The van der Waals surface area contributed by atoms with Crippen molar-refractivity contribution in [3.63, 3.8) is 0 Å². The van der Waals surface area contributed by atoms with Gasteiger partial charge in [-0.3, -0.25) is 14.9 Å². The van der Waals surface area contributed by atoms with Crippen LogP contribution < -0.4 is 19.7 Å². The standard InChI is InChI=1S/C25H16BrCl2IN2O5/c1-35-21-10-13(9-20(29)22(21)36-12-14-4-2-3-5-17(14)26)8-16-23(32)30-25(34)31(24(16)33)15-6-7-18(27)19(28)11-15/h2-11H,12H2,1H3,(H,30,32,34)/b16-8+. The number of nitrogens with one attached hydrogen (secondary N) is 1. The van der Waals surface area contributed by atoms with E-state index in [9.17, 15) is 14.4 Å². The summed E-state index contributed by atoms with van der Waals surface area (Å²) in [6, 6.07) is 14.5. The second-order valence-electron chi connectivity index (χ2n) is 7.47. The van der Waals surface area contributed by atoms with Crippen LogP contribution in [0.15, 0.2) is 64.6 Å². The molecule has 0 saturated carbocycles. The summed E-state index contributed by atoms with van der Waals surface area (Å²) in [5.41, 5.74) is 1.40. The molecule has 1 heterocycles. The Balaban J connectivity index is 1.66. The third-order valence-electron chi connectivity index (χ3n) is 5.16. The molecule has 1 aliphatic rings. The molecule has 3 aromatic rings. The Labute approximate surface area is 238 Å². The third-order valence-corrected chi connectivity index (χ3v) is 7.47. The van der Waals surface area contributed by atoms with Gasteiger partial charge in [0, 0.05) is 10.0 Å². The summed E-state index contributed by atoms with van der Waals surface area (Å²) >= 11 is 17.6. The topological polar surface area (TPSA) is 84.9 Å². The zero-order chi connectivity index (χ0) is 26.0. The number of anilines is 1.